The Morgan fingerprint density at radius 3 is 2.13 bits per heavy atom. The second kappa shape index (κ2) is 6.26. The Morgan fingerprint density at radius 2 is 1.80 bits per heavy atom. The first-order chi connectivity index (χ1) is 6.80. The summed E-state index contributed by atoms with van der Waals surface area (Å²) < 4.78 is 22.5. The lowest BCUT2D eigenvalue weighted by atomic mass is 9.88. The van der Waals surface area contributed by atoms with Crippen LogP contribution in [0, 0.1) is 11.8 Å². The van der Waals surface area contributed by atoms with Gasteiger partial charge in [0.05, 0.1) is 5.75 Å². The average Bonchev–Trinajstić information content (AvgIpc) is 2.11. The zero-order valence-electron chi connectivity index (χ0n) is 10.1. The number of carbonyl (C=O) groups excluding carboxylic acids is 1. The molecule has 0 bridgehead atoms. The molecule has 0 aliphatic heterocycles. The minimum Gasteiger partial charge on any atom is -0.300 e. The lowest BCUT2D eigenvalue weighted by Gasteiger charge is -2.17. The van der Waals surface area contributed by atoms with Gasteiger partial charge in [0.1, 0.15) is 15.6 Å². The molecule has 0 aromatic carbocycles. The molecular formula is C11H22O3S. The van der Waals surface area contributed by atoms with E-state index >= 15 is 0 Å². The van der Waals surface area contributed by atoms with Crippen molar-refractivity contribution in [2.24, 2.45) is 11.8 Å². The fourth-order valence-electron chi connectivity index (χ4n) is 1.67. The first-order valence-corrected chi connectivity index (χ1v) is 7.33. The van der Waals surface area contributed by atoms with E-state index in [1.54, 1.807) is 13.8 Å². The van der Waals surface area contributed by atoms with Crippen molar-refractivity contribution in [3.05, 3.63) is 0 Å². The van der Waals surface area contributed by atoms with E-state index in [1.165, 1.54) is 0 Å². The van der Waals surface area contributed by atoms with Crippen molar-refractivity contribution in [1.82, 2.24) is 0 Å². The lowest BCUT2D eigenvalue weighted by molar-refractivity contribution is -0.122. The van der Waals surface area contributed by atoms with Gasteiger partial charge in [0, 0.05) is 11.7 Å². The second-order valence-corrected chi connectivity index (χ2v) is 6.81. The summed E-state index contributed by atoms with van der Waals surface area (Å²) in [4.78, 5) is 11.3. The largest absolute Gasteiger partial charge is 0.300 e. The van der Waals surface area contributed by atoms with Crippen LogP contribution < -0.4 is 0 Å². The Labute approximate surface area is 93.2 Å². The molecule has 0 aromatic heterocycles. The van der Waals surface area contributed by atoms with E-state index in [4.69, 9.17) is 0 Å². The van der Waals surface area contributed by atoms with E-state index in [2.05, 4.69) is 0 Å². The van der Waals surface area contributed by atoms with Crippen LogP contribution in [0.4, 0.5) is 0 Å². The van der Waals surface area contributed by atoms with Crippen LogP contribution in [0.25, 0.3) is 0 Å². The summed E-state index contributed by atoms with van der Waals surface area (Å²) in [5.41, 5.74) is 0. The molecule has 0 N–H and O–H groups in total. The minimum absolute atomic E-state index is 0.0112. The number of hydrogen-bond acceptors (Lipinski definition) is 3. The number of ketones is 1. The maximum Gasteiger partial charge on any atom is 0.150 e. The summed E-state index contributed by atoms with van der Waals surface area (Å²) in [6, 6.07) is 0. The highest BCUT2D eigenvalue weighted by atomic mass is 32.2. The summed E-state index contributed by atoms with van der Waals surface area (Å²) in [5.74, 6) is 0.877. The van der Waals surface area contributed by atoms with Crippen molar-refractivity contribution in [3.8, 4) is 0 Å². The summed E-state index contributed by atoms with van der Waals surface area (Å²) in [6.07, 6.45) is 1.28. The van der Waals surface area contributed by atoms with Gasteiger partial charge in [0.15, 0.2) is 0 Å². The monoisotopic (exact) mass is 234 g/mol. The molecule has 4 heteroatoms. The van der Waals surface area contributed by atoms with Gasteiger partial charge >= 0.3 is 0 Å². The van der Waals surface area contributed by atoms with Gasteiger partial charge in [0.2, 0.25) is 0 Å². The molecule has 0 heterocycles. The van der Waals surface area contributed by atoms with Gasteiger partial charge in [-0.2, -0.15) is 0 Å². The van der Waals surface area contributed by atoms with Crippen molar-refractivity contribution in [1.29, 1.82) is 0 Å². The first kappa shape index (κ1) is 14.6. The Kier molecular flexibility index (Phi) is 6.10. The zero-order valence-corrected chi connectivity index (χ0v) is 10.9. The molecule has 0 saturated carbocycles. The summed E-state index contributed by atoms with van der Waals surface area (Å²) >= 11 is 0. The van der Waals surface area contributed by atoms with Crippen molar-refractivity contribution in [2.45, 2.75) is 40.5 Å². The Bertz CT molecular complexity index is 291. The Hall–Kier alpha value is -0.380. The van der Waals surface area contributed by atoms with E-state index in [1.807, 2.05) is 13.8 Å². The molecule has 0 amide bonds. The van der Waals surface area contributed by atoms with Gasteiger partial charge in [-0.1, -0.05) is 20.8 Å². The van der Waals surface area contributed by atoms with Gasteiger partial charge in [-0.25, -0.2) is 8.42 Å². The third-order valence-corrected chi connectivity index (χ3v) is 4.53. The average molecular weight is 234 g/mol. The van der Waals surface area contributed by atoms with Crippen molar-refractivity contribution in [3.63, 3.8) is 0 Å². The first-order valence-electron chi connectivity index (χ1n) is 5.51. The summed E-state index contributed by atoms with van der Waals surface area (Å²) in [7, 11) is -2.88. The molecule has 0 fully saturated rings. The van der Waals surface area contributed by atoms with Gasteiger partial charge in [-0.05, 0) is 25.7 Å². The predicted octanol–water partition coefficient (Wildman–Crippen LogP) is 2.06. The molecule has 90 valence electrons. The van der Waals surface area contributed by atoms with Crippen molar-refractivity contribution >= 4 is 15.6 Å². The van der Waals surface area contributed by atoms with Gasteiger partial charge in [0.25, 0.3) is 0 Å². The number of rotatable bonds is 7. The molecule has 1 unspecified atom stereocenters. The van der Waals surface area contributed by atoms with Crippen LogP contribution in [-0.4, -0.2) is 25.7 Å². The molecule has 0 saturated heterocycles. The molecule has 1 atom stereocenters. The van der Waals surface area contributed by atoms with E-state index < -0.39 is 9.84 Å². The van der Waals surface area contributed by atoms with Crippen LogP contribution in [0.5, 0.6) is 0 Å². The molecule has 0 aliphatic carbocycles. The number of Topliss-reactive ketones (excluding diaryl/α,β-unsaturated/α-hetero) is 1. The van der Waals surface area contributed by atoms with E-state index in [-0.39, 0.29) is 23.2 Å². The van der Waals surface area contributed by atoms with Gasteiger partial charge in [-0.3, -0.25) is 4.79 Å². The number of hydrogen-bond donors (Lipinski definition) is 0. The van der Waals surface area contributed by atoms with Gasteiger partial charge in [-0.15, -0.1) is 0 Å². The van der Waals surface area contributed by atoms with E-state index in [0.29, 0.717) is 18.8 Å². The normalized spacial score (nSPS) is 14.2. The molecule has 0 rings (SSSR count). The maximum absolute atomic E-state index is 11.3. The SMILES string of the molecule is CCS(=O)(=O)CCCC(C(C)=O)C(C)C. The fourth-order valence-corrected chi connectivity index (χ4v) is 2.57. The number of carbonyl (C=O) groups is 1. The molecular weight excluding hydrogens is 212 g/mol. The summed E-state index contributed by atoms with van der Waals surface area (Å²) in [5, 5.41) is 0. The summed E-state index contributed by atoms with van der Waals surface area (Å²) in [6.45, 7) is 7.24. The predicted molar refractivity (Wildman–Crippen MR) is 62.6 cm³/mol. The number of sulfone groups is 1. The standard InChI is InChI=1S/C11H22O3S/c1-5-15(13,14)8-6-7-11(9(2)3)10(4)12/h9,11H,5-8H2,1-4H3. The third kappa shape index (κ3) is 5.92. The third-order valence-electron chi connectivity index (χ3n) is 2.74. The maximum atomic E-state index is 11.3. The zero-order chi connectivity index (χ0) is 12.1. The highest BCUT2D eigenvalue weighted by Crippen LogP contribution is 2.18. The van der Waals surface area contributed by atoms with Crippen LogP contribution in [0.2, 0.25) is 0 Å². The smallest absolute Gasteiger partial charge is 0.150 e. The quantitative estimate of drug-likeness (QED) is 0.677. The minimum atomic E-state index is -2.88. The highest BCUT2D eigenvalue weighted by molar-refractivity contribution is 7.91. The van der Waals surface area contributed by atoms with Crippen LogP contribution in [0.3, 0.4) is 0 Å². The van der Waals surface area contributed by atoms with Crippen LogP contribution in [-0.2, 0) is 14.6 Å². The van der Waals surface area contributed by atoms with Crippen LogP contribution in [0.15, 0.2) is 0 Å². The topological polar surface area (TPSA) is 51.2 Å². The van der Waals surface area contributed by atoms with E-state index in [0.717, 1.165) is 0 Å². The van der Waals surface area contributed by atoms with Gasteiger partial charge < -0.3 is 0 Å². The lowest BCUT2D eigenvalue weighted by Crippen LogP contribution is -2.19. The molecule has 0 aromatic rings. The highest BCUT2D eigenvalue weighted by Gasteiger charge is 2.19. The van der Waals surface area contributed by atoms with Crippen LogP contribution >= 0.6 is 0 Å². The molecule has 3 nitrogen and oxygen atoms in total. The van der Waals surface area contributed by atoms with E-state index in [9.17, 15) is 13.2 Å². The molecule has 0 radical (unpaired) electrons. The van der Waals surface area contributed by atoms with Crippen LogP contribution in [0.1, 0.15) is 40.5 Å². The second-order valence-electron chi connectivity index (χ2n) is 4.34. The Balaban J connectivity index is 4.09. The molecule has 15 heavy (non-hydrogen) atoms. The molecule has 0 spiro atoms. The molecule has 0 aliphatic rings. The fraction of sp³-hybridized carbons (Fsp3) is 0.909. The van der Waals surface area contributed by atoms with Crippen molar-refractivity contribution < 1.29 is 13.2 Å². The van der Waals surface area contributed by atoms with Crippen molar-refractivity contribution in [2.75, 3.05) is 11.5 Å². The Morgan fingerprint density at radius 1 is 1.27 bits per heavy atom.